The van der Waals surface area contributed by atoms with Crippen LogP contribution in [0, 0.1) is 0 Å². The summed E-state index contributed by atoms with van der Waals surface area (Å²) in [7, 11) is 0. The monoisotopic (exact) mass is 674 g/mol. The molecule has 3 amide bonds. The van der Waals surface area contributed by atoms with Crippen LogP contribution in [0.2, 0.25) is 0 Å². The minimum Gasteiger partial charge on any atom is -0.445 e. The highest BCUT2D eigenvalue weighted by molar-refractivity contribution is 5.99. The summed E-state index contributed by atoms with van der Waals surface area (Å²) in [5, 5.41) is 3.96. The number of benzene rings is 3. The van der Waals surface area contributed by atoms with Gasteiger partial charge in [-0.2, -0.15) is 0 Å². The molecule has 0 spiro atoms. The van der Waals surface area contributed by atoms with Crippen LogP contribution in [-0.2, 0) is 20.9 Å². The Morgan fingerprint density at radius 1 is 0.840 bits per heavy atom. The van der Waals surface area contributed by atoms with E-state index in [1.165, 1.54) is 4.90 Å². The molecule has 50 heavy (non-hydrogen) atoms. The van der Waals surface area contributed by atoms with Crippen LogP contribution in [0.15, 0.2) is 85.1 Å². The molecule has 2 aliphatic rings. The summed E-state index contributed by atoms with van der Waals surface area (Å²) in [6.45, 7) is 6.83. The number of aromatic nitrogens is 3. The summed E-state index contributed by atoms with van der Waals surface area (Å²) in [4.78, 5) is 53.7. The fraction of sp³-hybridized carbons (Fsp3) is 0.333. The molecule has 3 N–H and O–H groups in total. The van der Waals surface area contributed by atoms with Gasteiger partial charge in [-0.15, -0.1) is 0 Å². The van der Waals surface area contributed by atoms with Crippen molar-refractivity contribution in [1.29, 1.82) is 0 Å². The molecule has 5 aromatic rings. The van der Waals surface area contributed by atoms with Crippen LogP contribution in [0.25, 0.3) is 33.4 Å². The molecule has 7 rings (SSSR count). The van der Waals surface area contributed by atoms with Crippen molar-refractivity contribution in [2.45, 2.75) is 70.7 Å². The zero-order valence-electron chi connectivity index (χ0n) is 28.6. The van der Waals surface area contributed by atoms with Crippen molar-refractivity contribution < 1.29 is 23.9 Å². The van der Waals surface area contributed by atoms with Crippen molar-refractivity contribution in [2.75, 3.05) is 18.4 Å². The Kier molecular flexibility index (Phi) is 9.05. The number of H-pyrrole nitrogens is 2. The highest BCUT2D eigenvalue weighted by Crippen LogP contribution is 2.33. The Morgan fingerprint density at radius 2 is 1.56 bits per heavy atom. The van der Waals surface area contributed by atoms with E-state index in [9.17, 15) is 14.4 Å². The van der Waals surface area contributed by atoms with Crippen molar-refractivity contribution in [1.82, 2.24) is 24.8 Å². The third-order valence-corrected chi connectivity index (χ3v) is 9.18. The Morgan fingerprint density at radius 3 is 2.32 bits per heavy atom. The number of anilines is 1. The third-order valence-electron chi connectivity index (χ3n) is 9.18. The van der Waals surface area contributed by atoms with E-state index in [1.807, 2.05) is 87.6 Å². The van der Waals surface area contributed by atoms with Gasteiger partial charge in [0.05, 0.1) is 17.9 Å². The molecule has 2 fully saturated rings. The molecule has 2 saturated heterocycles. The fourth-order valence-corrected chi connectivity index (χ4v) is 6.72. The van der Waals surface area contributed by atoms with Gasteiger partial charge in [0.15, 0.2) is 0 Å². The summed E-state index contributed by atoms with van der Waals surface area (Å²) in [5.74, 6) is 0.534. The maximum Gasteiger partial charge on any atom is 0.410 e. The molecule has 0 bridgehead atoms. The SMILES string of the molecule is CC(C)(C)OC(=O)N1CCCC1C(=O)Nc1ccc2[nH]c(-c3ccc(-c4cnc([C@@H]5CCCN5C(=O)OCc5ccccc5)[nH]4)cc3)cc2c1. The molecule has 3 aromatic carbocycles. The lowest BCUT2D eigenvalue weighted by molar-refractivity contribution is -0.120. The van der Waals surface area contributed by atoms with Gasteiger partial charge >= 0.3 is 12.2 Å². The normalized spacial score (nSPS) is 17.7. The number of carbonyl (C=O) groups excluding carboxylic acids is 3. The van der Waals surface area contributed by atoms with Crippen LogP contribution in [0.5, 0.6) is 0 Å². The van der Waals surface area contributed by atoms with Gasteiger partial charge in [-0.25, -0.2) is 14.6 Å². The number of likely N-dealkylation sites (tertiary alicyclic amines) is 2. The predicted octanol–water partition coefficient (Wildman–Crippen LogP) is 8.04. The number of amides is 3. The van der Waals surface area contributed by atoms with E-state index in [0.717, 1.165) is 64.1 Å². The molecule has 2 atom stereocenters. The van der Waals surface area contributed by atoms with Gasteiger partial charge in [0.25, 0.3) is 0 Å². The van der Waals surface area contributed by atoms with Crippen LogP contribution >= 0.6 is 0 Å². The van der Waals surface area contributed by atoms with Crippen LogP contribution in [-0.4, -0.2) is 67.6 Å². The average molecular weight is 675 g/mol. The summed E-state index contributed by atoms with van der Waals surface area (Å²) in [6.07, 6.45) is 4.09. The molecule has 0 aliphatic carbocycles. The van der Waals surface area contributed by atoms with E-state index in [2.05, 4.69) is 38.5 Å². The fourth-order valence-electron chi connectivity index (χ4n) is 6.72. The topological polar surface area (TPSA) is 133 Å². The van der Waals surface area contributed by atoms with Gasteiger partial charge < -0.3 is 24.8 Å². The average Bonchev–Trinajstić information content (AvgIpc) is 3.92. The van der Waals surface area contributed by atoms with Crippen molar-refractivity contribution in [2.24, 2.45) is 0 Å². The van der Waals surface area contributed by atoms with E-state index in [1.54, 1.807) is 4.90 Å². The van der Waals surface area contributed by atoms with Gasteiger partial charge in [-0.05, 0) is 87.4 Å². The van der Waals surface area contributed by atoms with Gasteiger partial charge in [-0.1, -0.05) is 54.6 Å². The van der Waals surface area contributed by atoms with Crippen molar-refractivity contribution in [3.8, 4) is 22.5 Å². The van der Waals surface area contributed by atoms with Gasteiger partial charge in [-0.3, -0.25) is 14.6 Å². The molecule has 258 valence electrons. The molecule has 0 radical (unpaired) electrons. The summed E-state index contributed by atoms with van der Waals surface area (Å²) >= 11 is 0. The van der Waals surface area contributed by atoms with Crippen LogP contribution < -0.4 is 5.32 Å². The number of rotatable bonds is 7. The van der Waals surface area contributed by atoms with Gasteiger partial charge in [0, 0.05) is 35.4 Å². The zero-order valence-corrected chi connectivity index (χ0v) is 28.6. The lowest BCUT2D eigenvalue weighted by Gasteiger charge is -2.28. The first-order chi connectivity index (χ1) is 24.1. The third kappa shape index (κ3) is 7.22. The first-order valence-electron chi connectivity index (χ1n) is 17.2. The number of carbonyl (C=O) groups is 3. The Hall–Kier alpha value is -5.58. The first-order valence-corrected chi connectivity index (χ1v) is 17.2. The minimum absolute atomic E-state index is 0.158. The number of hydrogen-bond donors (Lipinski definition) is 3. The van der Waals surface area contributed by atoms with Crippen LogP contribution in [0.1, 0.15) is 63.9 Å². The van der Waals surface area contributed by atoms with Gasteiger partial charge in [0.2, 0.25) is 5.91 Å². The summed E-state index contributed by atoms with van der Waals surface area (Å²) in [6, 6.07) is 24.9. The quantitative estimate of drug-likeness (QED) is 0.160. The minimum atomic E-state index is -0.625. The van der Waals surface area contributed by atoms with Crippen molar-refractivity contribution in [3.63, 3.8) is 0 Å². The summed E-state index contributed by atoms with van der Waals surface area (Å²) < 4.78 is 11.1. The van der Waals surface area contributed by atoms with E-state index in [0.29, 0.717) is 25.2 Å². The lowest BCUT2D eigenvalue weighted by Crippen LogP contribution is -2.45. The van der Waals surface area contributed by atoms with E-state index < -0.39 is 17.7 Å². The second-order valence-corrected chi connectivity index (χ2v) is 14.0. The number of aromatic amines is 2. The Labute approximate surface area is 291 Å². The van der Waals surface area contributed by atoms with Crippen molar-refractivity contribution in [3.05, 3.63) is 96.4 Å². The molecule has 4 heterocycles. The molecular formula is C39H42N6O5. The smallest absolute Gasteiger partial charge is 0.410 e. The van der Waals surface area contributed by atoms with Crippen LogP contribution in [0.3, 0.4) is 0 Å². The highest BCUT2D eigenvalue weighted by Gasteiger charge is 2.37. The lowest BCUT2D eigenvalue weighted by atomic mass is 10.1. The Bertz CT molecular complexity index is 1990. The van der Waals surface area contributed by atoms with E-state index >= 15 is 0 Å². The molecular weight excluding hydrogens is 632 g/mol. The van der Waals surface area contributed by atoms with Gasteiger partial charge in [0.1, 0.15) is 24.1 Å². The standard InChI is InChI=1S/C39H42N6O5/c1-39(2,3)50-38(48)45-20-8-12-34(45)36(46)41-29-17-18-30-28(21-29)22-31(42-30)26-13-15-27(16-14-26)32-23-40-35(43-32)33-11-7-19-44(33)37(47)49-24-25-9-5-4-6-10-25/h4-6,9-10,13-18,21-23,33-34,42H,7-8,11-12,19-20,24H2,1-3H3,(H,40,43)(H,41,46)/t33-,34?/m0/s1. The molecule has 11 heteroatoms. The second-order valence-electron chi connectivity index (χ2n) is 14.0. The predicted molar refractivity (Wildman–Crippen MR) is 191 cm³/mol. The summed E-state index contributed by atoms with van der Waals surface area (Å²) in [5.41, 5.74) is 5.76. The van der Waals surface area contributed by atoms with Crippen LogP contribution in [0.4, 0.5) is 15.3 Å². The Balaban J connectivity index is 0.992. The zero-order chi connectivity index (χ0) is 34.8. The van der Waals surface area contributed by atoms with E-state index in [4.69, 9.17) is 9.47 Å². The molecule has 2 aromatic heterocycles. The second kappa shape index (κ2) is 13.7. The molecule has 0 saturated carbocycles. The number of nitrogens with one attached hydrogen (secondary N) is 3. The number of nitrogens with zero attached hydrogens (tertiary/aromatic N) is 3. The number of hydrogen-bond acceptors (Lipinski definition) is 6. The molecule has 2 aliphatic heterocycles. The number of fused-ring (bicyclic) bond motifs is 1. The number of imidazole rings is 1. The number of ether oxygens (including phenoxy) is 2. The largest absolute Gasteiger partial charge is 0.445 e. The molecule has 1 unspecified atom stereocenters. The maximum absolute atomic E-state index is 13.2. The molecule has 11 nitrogen and oxygen atoms in total. The highest BCUT2D eigenvalue weighted by atomic mass is 16.6. The maximum atomic E-state index is 13.2. The van der Waals surface area contributed by atoms with Crippen molar-refractivity contribution >= 4 is 34.7 Å². The first kappa shape index (κ1) is 32.9. The van der Waals surface area contributed by atoms with E-state index in [-0.39, 0.29) is 24.6 Å².